The summed E-state index contributed by atoms with van der Waals surface area (Å²) < 4.78 is 6.66. The number of fused-ring (bicyclic) bond motifs is 1. The summed E-state index contributed by atoms with van der Waals surface area (Å²) in [5.74, 6) is -0.350. The van der Waals surface area contributed by atoms with E-state index in [0.29, 0.717) is 27.1 Å². The zero-order valence-corrected chi connectivity index (χ0v) is 21.3. The molecule has 11 heteroatoms. The summed E-state index contributed by atoms with van der Waals surface area (Å²) in [6.07, 6.45) is 1.36. The minimum absolute atomic E-state index is 0.103. The Bertz CT molecular complexity index is 1840. The molecule has 0 saturated heterocycles. The van der Waals surface area contributed by atoms with Crippen LogP contribution in [0.15, 0.2) is 101 Å². The van der Waals surface area contributed by atoms with Gasteiger partial charge in [0.2, 0.25) is 0 Å². The quantitative estimate of drug-likeness (QED) is 0.0784. The molecule has 1 heterocycles. The van der Waals surface area contributed by atoms with E-state index >= 15 is 0 Å². The first-order chi connectivity index (χ1) is 18.8. The van der Waals surface area contributed by atoms with Crippen LogP contribution in [0.4, 0.5) is 5.69 Å². The van der Waals surface area contributed by atoms with Gasteiger partial charge in [-0.1, -0.05) is 47.5 Å². The molecule has 0 radical (unpaired) electrons. The third-order valence-corrected chi connectivity index (χ3v) is 6.22. The first-order valence-corrected chi connectivity index (χ1v) is 12.1. The summed E-state index contributed by atoms with van der Waals surface area (Å²) in [4.78, 5) is 41.4. The van der Waals surface area contributed by atoms with Crippen molar-refractivity contribution in [2.75, 3.05) is 0 Å². The van der Waals surface area contributed by atoms with Gasteiger partial charge in [-0.2, -0.15) is 9.78 Å². The molecule has 0 fully saturated rings. The number of ether oxygens (including phenoxy) is 1. The lowest BCUT2D eigenvalue weighted by Gasteiger charge is -2.11. The van der Waals surface area contributed by atoms with E-state index < -0.39 is 16.5 Å². The predicted octanol–water partition coefficient (Wildman–Crippen LogP) is 6.38. The molecule has 0 unspecified atom stereocenters. The Morgan fingerprint density at radius 1 is 0.974 bits per heavy atom. The number of nitrogens with zero attached hydrogens (tertiary/aromatic N) is 4. The Labute approximate surface area is 230 Å². The van der Waals surface area contributed by atoms with Gasteiger partial charge in [0.15, 0.2) is 5.82 Å². The molecule has 0 aliphatic heterocycles. The molecule has 0 atom stereocenters. The molecule has 39 heavy (non-hydrogen) atoms. The second-order valence-electron chi connectivity index (χ2n) is 8.17. The molecule has 0 aliphatic carbocycles. The van der Waals surface area contributed by atoms with E-state index in [-0.39, 0.29) is 27.8 Å². The number of carbonyl (C=O) groups excluding carboxylic acids is 1. The SMILES string of the molecule is O=C(Oc1ccccc1C=Nn1c(-c2ccc([N+](=O)[O-])cc2)nc2ccccc2c1=O)c1ccc(Cl)cc1Cl. The first kappa shape index (κ1) is 25.8. The van der Waals surface area contributed by atoms with Crippen LogP contribution >= 0.6 is 23.2 Å². The molecule has 0 N–H and O–H groups in total. The third kappa shape index (κ3) is 5.40. The van der Waals surface area contributed by atoms with E-state index in [1.165, 1.54) is 48.7 Å². The van der Waals surface area contributed by atoms with Crippen LogP contribution in [0, 0.1) is 10.1 Å². The fourth-order valence-corrected chi connectivity index (χ4v) is 4.25. The van der Waals surface area contributed by atoms with E-state index in [1.807, 2.05) is 0 Å². The second-order valence-corrected chi connectivity index (χ2v) is 9.01. The molecule has 1 aromatic heterocycles. The maximum atomic E-state index is 13.4. The molecule has 9 nitrogen and oxygen atoms in total. The third-order valence-electron chi connectivity index (χ3n) is 5.68. The molecule has 0 aliphatic rings. The second kappa shape index (κ2) is 10.9. The Hall–Kier alpha value is -4.86. The fraction of sp³-hybridized carbons (Fsp3) is 0. The first-order valence-electron chi connectivity index (χ1n) is 11.4. The van der Waals surface area contributed by atoms with Crippen LogP contribution < -0.4 is 10.3 Å². The van der Waals surface area contributed by atoms with Gasteiger partial charge in [0, 0.05) is 28.3 Å². The maximum absolute atomic E-state index is 13.4. The standard InChI is InChI=1S/C28H16Cl2N4O5/c29-19-11-14-21(23(30)15-19)28(36)39-25-8-4-1-5-18(25)16-31-33-26(17-9-12-20(13-10-17)34(37)38)32-24-7-3-2-6-22(24)27(33)35/h1-16H. The number of nitro groups is 1. The number of carbonyl (C=O) groups is 1. The highest BCUT2D eigenvalue weighted by molar-refractivity contribution is 6.36. The van der Waals surface area contributed by atoms with Crippen molar-refractivity contribution in [2.45, 2.75) is 0 Å². The zero-order chi connectivity index (χ0) is 27.5. The van der Waals surface area contributed by atoms with Crippen molar-refractivity contribution in [1.29, 1.82) is 0 Å². The molecule has 5 aromatic rings. The lowest BCUT2D eigenvalue weighted by atomic mass is 10.1. The van der Waals surface area contributed by atoms with Gasteiger partial charge in [0.1, 0.15) is 5.75 Å². The average Bonchev–Trinajstić information content (AvgIpc) is 2.93. The number of nitro benzene ring substituents is 1. The van der Waals surface area contributed by atoms with Crippen molar-refractivity contribution in [3.05, 3.63) is 133 Å². The van der Waals surface area contributed by atoms with Crippen LogP contribution in [0.25, 0.3) is 22.3 Å². The Morgan fingerprint density at radius 2 is 1.69 bits per heavy atom. The highest BCUT2D eigenvalue weighted by Crippen LogP contribution is 2.25. The van der Waals surface area contributed by atoms with Crippen LogP contribution in [0.3, 0.4) is 0 Å². The van der Waals surface area contributed by atoms with Crippen LogP contribution in [0.1, 0.15) is 15.9 Å². The van der Waals surface area contributed by atoms with Crippen LogP contribution in [0.2, 0.25) is 10.0 Å². The van der Waals surface area contributed by atoms with E-state index in [1.54, 1.807) is 48.5 Å². The number of aromatic nitrogens is 2. The fourth-order valence-electron chi connectivity index (χ4n) is 3.76. The number of halogens is 2. The molecule has 0 bridgehead atoms. The summed E-state index contributed by atoms with van der Waals surface area (Å²) in [6.45, 7) is 0. The van der Waals surface area contributed by atoms with Gasteiger partial charge in [-0.05, 0) is 54.6 Å². The van der Waals surface area contributed by atoms with Crippen molar-refractivity contribution in [3.63, 3.8) is 0 Å². The van der Waals surface area contributed by atoms with Crippen molar-refractivity contribution in [1.82, 2.24) is 9.66 Å². The number of benzene rings is 4. The Balaban J connectivity index is 1.56. The van der Waals surface area contributed by atoms with E-state index in [2.05, 4.69) is 10.1 Å². The summed E-state index contributed by atoms with van der Waals surface area (Å²) >= 11 is 12.1. The molecular weight excluding hydrogens is 543 g/mol. The van der Waals surface area contributed by atoms with Gasteiger partial charge in [0.25, 0.3) is 11.2 Å². The molecule has 0 amide bonds. The molecular formula is C28H16Cl2N4O5. The highest BCUT2D eigenvalue weighted by atomic mass is 35.5. The lowest BCUT2D eigenvalue weighted by molar-refractivity contribution is -0.384. The van der Waals surface area contributed by atoms with Crippen LogP contribution in [-0.4, -0.2) is 26.8 Å². The monoisotopic (exact) mass is 558 g/mol. The summed E-state index contributed by atoms with van der Waals surface area (Å²) in [6, 6.07) is 23.4. The van der Waals surface area contributed by atoms with Gasteiger partial charge in [0.05, 0.1) is 32.6 Å². The van der Waals surface area contributed by atoms with E-state index in [0.717, 1.165) is 4.68 Å². The number of para-hydroxylation sites is 2. The van der Waals surface area contributed by atoms with Crippen LogP contribution in [-0.2, 0) is 0 Å². The zero-order valence-electron chi connectivity index (χ0n) is 19.8. The molecule has 0 saturated carbocycles. The minimum atomic E-state index is -0.700. The number of esters is 1. The van der Waals surface area contributed by atoms with Crippen LogP contribution in [0.5, 0.6) is 5.75 Å². The lowest BCUT2D eigenvalue weighted by Crippen LogP contribution is -2.20. The molecule has 4 aromatic carbocycles. The Kier molecular flexibility index (Phi) is 7.18. The van der Waals surface area contributed by atoms with Crippen molar-refractivity contribution in [3.8, 4) is 17.1 Å². The van der Waals surface area contributed by atoms with Crippen molar-refractivity contribution >= 4 is 52.0 Å². The minimum Gasteiger partial charge on any atom is -0.422 e. The topological polar surface area (TPSA) is 117 Å². The smallest absolute Gasteiger partial charge is 0.345 e. The van der Waals surface area contributed by atoms with Crippen molar-refractivity contribution in [2.24, 2.45) is 5.10 Å². The molecule has 192 valence electrons. The maximum Gasteiger partial charge on any atom is 0.345 e. The largest absolute Gasteiger partial charge is 0.422 e. The van der Waals surface area contributed by atoms with Gasteiger partial charge in [-0.15, -0.1) is 0 Å². The Morgan fingerprint density at radius 3 is 2.44 bits per heavy atom. The van der Waals surface area contributed by atoms with Crippen molar-refractivity contribution < 1.29 is 14.5 Å². The highest BCUT2D eigenvalue weighted by Gasteiger charge is 2.16. The molecule has 0 spiro atoms. The number of hydrogen-bond donors (Lipinski definition) is 0. The van der Waals surface area contributed by atoms with Gasteiger partial charge >= 0.3 is 5.97 Å². The summed E-state index contributed by atoms with van der Waals surface area (Å²) in [7, 11) is 0. The molecule has 5 rings (SSSR count). The van der Waals surface area contributed by atoms with Gasteiger partial charge in [-0.25, -0.2) is 9.78 Å². The number of non-ortho nitro benzene ring substituents is 1. The predicted molar refractivity (Wildman–Crippen MR) is 149 cm³/mol. The van der Waals surface area contributed by atoms with E-state index in [4.69, 9.17) is 27.9 Å². The average molecular weight is 559 g/mol. The summed E-state index contributed by atoms with van der Waals surface area (Å²) in [5, 5.41) is 16.3. The number of hydrogen-bond acceptors (Lipinski definition) is 7. The van der Waals surface area contributed by atoms with E-state index in [9.17, 15) is 19.7 Å². The number of rotatable bonds is 6. The normalized spacial score (nSPS) is 11.1. The van der Waals surface area contributed by atoms with Gasteiger partial charge in [-0.3, -0.25) is 14.9 Å². The summed E-state index contributed by atoms with van der Waals surface area (Å²) in [5.41, 5.74) is 0.851. The van der Waals surface area contributed by atoms with Gasteiger partial charge < -0.3 is 4.74 Å².